The first-order valence-corrected chi connectivity index (χ1v) is 10.8. The van der Waals surface area contributed by atoms with E-state index in [2.05, 4.69) is 10.00 Å². The summed E-state index contributed by atoms with van der Waals surface area (Å²) < 4.78 is 40.1. The second-order valence-corrected chi connectivity index (χ2v) is 9.04. The van der Waals surface area contributed by atoms with E-state index in [0.29, 0.717) is 37.1 Å². The zero-order chi connectivity index (χ0) is 20.1. The SMILES string of the molecule is CS(=O)(=O)N1CCN(c2ccc(-n3ncc4c(Cl)c(F)c(O)cc43)cc2)CC1. The highest BCUT2D eigenvalue weighted by Gasteiger charge is 2.23. The highest BCUT2D eigenvalue weighted by Crippen LogP contribution is 2.33. The van der Waals surface area contributed by atoms with E-state index in [0.717, 1.165) is 11.4 Å². The monoisotopic (exact) mass is 424 g/mol. The Morgan fingerprint density at radius 3 is 2.32 bits per heavy atom. The summed E-state index contributed by atoms with van der Waals surface area (Å²) in [5.41, 5.74) is 2.20. The summed E-state index contributed by atoms with van der Waals surface area (Å²) in [4.78, 5) is 2.12. The van der Waals surface area contributed by atoms with Gasteiger partial charge in [-0.15, -0.1) is 0 Å². The summed E-state index contributed by atoms with van der Waals surface area (Å²) in [5.74, 6) is -1.39. The van der Waals surface area contributed by atoms with E-state index in [1.807, 2.05) is 24.3 Å². The zero-order valence-corrected chi connectivity index (χ0v) is 16.6. The van der Waals surface area contributed by atoms with Crippen LogP contribution in [0.2, 0.25) is 5.02 Å². The molecule has 0 spiro atoms. The van der Waals surface area contributed by atoms with Crippen LogP contribution in [-0.2, 0) is 10.0 Å². The number of halogens is 2. The number of fused-ring (bicyclic) bond motifs is 1. The molecule has 3 aromatic rings. The number of phenols is 1. The van der Waals surface area contributed by atoms with E-state index < -0.39 is 21.6 Å². The van der Waals surface area contributed by atoms with Crippen molar-refractivity contribution in [3.8, 4) is 11.4 Å². The molecule has 28 heavy (non-hydrogen) atoms. The second-order valence-electron chi connectivity index (χ2n) is 6.68. The number of piperazine rings is 1. The van der Waals surface area contributed by atoms with E-state index in [-0.39, 0.29) is 5.02 Å². The average molecular weight is 425 g/mol. The molecule has 10 heteroatoms. The molecule has 2 heterocycles. The third-order valence-corrected chi connectivity index (χ3v) is 6.57. The molecule has 0 atom stereocenters. The normalized spacial score (nSPS) is 16.0. The number of benzene rings is 2. The quantitative estimate of drug-likeness (QED) is 0.699. The molecule has 1 saturated heterocycles. The van der Waals surface area contributed by atoms with E-state index >= 15 is 0 Å². The lowest BCUT2D eigenvalue weighted by Gasteiger charge is -2.34. The van der Waals surface area contributed by atoms with Gasteiger partial charge in [0.2, 0.25) is 10.0 Å². The molecule has 0 bridgehead atoms. The molecule has 0 saturated carbocycles. The van der Waals surface area contributed by atoms with Crippen molar-refractivity contribution in [2.24, 2.45) is 0 Å². The minimum atomic E-state index is -3.16. The van der Waals surface area contributed by atoms with Gasteiger partial charge in [-0.05, 0) is 24.3 Å². The first-order chi connectivity index (χ1) is 13.3. The van der Waals surface area contributed by atoms with Crippen LogP contribution < -0.4 is 4.90 Å². The minimum absolute atomic E-state index is 0.165. The van der Waals surface area contributed by atoms with Gasteiger partial charge in [-0.3, -0.25) is 0 Å². The van der Waals surface area contributed by atoms with Crippen LogP contribution in [0.15, 0.2) is 36.5 Å². The van der Waals surface area contributed by atoms with E-state index in [4.69, 9.17) is 11.6 Å². The number of sulfonamides is 1. The fourth-order valence-electron chi connectivity index (χ4n) is 3.38. The van der Waals surface area contributed by atoms with Crippen molar-refractivity contribution in [3.05, 3.63) is 47.4 Å². The molecule has 0 aliphatic carbocycles. The second kappa shape index (κ2) is 6.91. The number of hydrogen-bond acceptors (Lipinski definition) is 5. The van der Waals surface area contributed by atoms with E-state index in [9.17, 15) is 17.9 Å². The number of nitrogens with zero attached hydrogens (tertiary/aromatic N) is 4. The van der Waals surface area contributed by atoms with Crippen molar-refractivity contribution < 1.29 is 17.9 Å². The maximum absolute atomic E-state index is 13.8. The summed E-state index contributed by atoms with van der Waals surface area (Å²) in [7, 11) is -3.16. The van der Waals surface area contributed by atoms with Gasteiger partial charge in [-0.1, -0.05) is 11.6 Å². The molecule has 0 radical (unpaired) electrons. The Labute approximate surface area is 166 Å². The van der Waals surface area contributed by atoms with Crippen LogP contribution in [0.3, 0.4) is 0 Å². The number of phenolic OH excluding ortho intramolecular Hbond substituents is 1. The molecule has 1 aliphatic rings. The lowest BCUT2D eigenvalue weighted by atomic mass is 10.2. The topological polar surface area (TPSA) is 78.7 Å². The fourth-order valence-corrected chi connectivity index (χ4v) is 4.45. The van der Waals surface area contributed by atoms with Crippen molar-refractivity contribution in [3.63, 3.8) is 0 Å². The molecule has 1 aliphatic heterocycles. The molecule has 0 amide bonds. The Morgan fingerprint density at radius 1 is 1.11 bits per heavy atom. The molecular weight excluding hydrogens is 407 g/mol. The maximum atomic E-state index is 13.8. The first-order valence-electron chi connectivity index (χ1n) is 8.61. The Balaban J connectivity index is 1.59. The summed E-state index contributed by atoms with van der Waals surface area (Å²) in [6.45, 7) is 2.13. The van der Waals surface area contributed by atoms with Crippen LogP contribution in [0.25, 0.3) is 16.6 Å². The van der Waals surface area contributed by atoms with Crippen LogP contribution >= 0.6 is 11.6 Å². The van der Waals surface area contributed by atoms with Gasteiger partial charge in [0.25, 0.3) is 0 Å². The number of hydrogen-bond donors (Lipinski definition) is 1. The Kier molecular flexibility index (Phi) is 4.68. The highest BCUT2D eigenvalue weighted by atomic mass is 35.5. The molecule has 1 aromatic heterocycles. The maximum Gasteiger partial charge on any atom is 0.211 e. The van der Waals surface area contributed by atoms with Gasteiger partial charge in [0.1, 0.15) is 0 Å². The summed E-state index contributed by atoms with van der Waals surface area (Å²) in [6, 6.07) is 8.85. The molecule has 0 unspecified atom stereocenters. The van der Waals surface area contributed by atoms with Crippen molar-refractivity contribution >= 4 is 38.2 Å². The van der Waals surface area contributed by atoms with Gasteiger partial charge in [0.05, 0.1) is 28.7 Å². The Hall–Kier alpha value is -2.36. The average Bonchev–Trinajstić information content (AvgIpc) is 3.09. The number of aromatic nitrogens is 2. The van der Waals surface area contributed by atoms with Gasteiger partial charge in [-0.2, -0.15) is 9.40 Å². The molecule has 1 N–H and O–H groups in total. The molecule has 4 rings (SSSR count). The summed E-state index contributed by atoms with van der Waals surface area (Å²) in [6.07, 6.45) is 2.68. The Morgan fingerprint density at radius 2 is 1.71 bits per heavy atom. The van der Waals surface area contributed by atoms with Crippen LogP contribution in [-0.4, -0.2) is 60.0 Å². The van der Waals surface area contributed by atoms with Gasteiger partial charge in [-0.25, -0.2) is 17.5 Å². The van der Waals surface area contributed by atoms with E-state index in [1.165, 1.54) is 22.8 Å². The first kappa shape index (κ1) is 19.0. The summed E-state index contributed by atoms with van der Waals surface area (Å²) in [5, 5.41) is 14.2. The largest absolute Gasteiger partial charge is 0.505 e. The van der Waals surface area contributed by atoms with Crippen molar-refractivity contribution in [2.75, 3.05) is 37.3 Å². The third kappa shape index (κ3) is 3.30. The predicted octanol–water partition coefficient (Wildman–Crippen LogP) is 2.61. The fraction of sp³-hybridized carbons (Fsp3) is 0.278. The van der Waals surface area contributed by atoms with Gasteiger partial charge < -0.3 is 10.0 Å². The van der Waals surface area contributed by atoms with Crippen LogP contribution in [0, 0.1) is 5.82 Å². The minimum Gasteiger partial charge on any atom is -0.505 e. The molecule has 148 valence electrons. The lowest BCUT2D eigenvalue weighted by molar-refractivity contribution is 0.388. The van der Waals surface area contributed by atoms with Crippen LogP contribution in [0.5, 0.6) is 5.75 Å². The molecule has 1 fully saturated rings. The molecule has 7 nitrogen and oxygen atoms in total. The van der Waals surface area contributed by atoms with E-state index in [1.54, 1.807) is 4.68 Å². The van der Waals surface area contributed by atoms with Crippen LogP contribution in [0.1, 0.15) is 0 Å². The van der Waals surface area contributed by atoms with Crippen molar-refractivity contribution in [1.82, 2.24) is 14.1 Å². The standard InChI is InChI=1S/C18H18ClFN4O3S/c1-28(26,27)23-8-6-22(7-9-23)12-2-4-13(5-3-12)24-15-10-16(25)18(20)17(19)14(15)11-21-24/h2-5,10-11,25H,6-9H2,1H3. The molecular formula is C18H18ClFN4O3S. The predicted molar refractivity (Wildman–Crippen MR) is 106 cm³/mol. The van der Waals surface area contributed by atoms with Gasteiger partial charge in [0, 0.05) is 43.3 Å². The van der Waals surface area contributed by atoms with Crippen LogP contribution in [0.4, 0.5) is 10.1 Å². The van der Waals surface area contributed by atoms with Crippen molar-refractivity contribution in [1.29, 1.82) is 0 Å². The third-order valence-electron chi connectivity index (χ3n) is 4.90. The number of anilines is 1. The van der Waals surface area contributed by atoms with Crippen molar-refractivity contribution in [2.45, 2.75) is 0 Å². The smallest absolute Gasteiger partial charge is 0.211 e. The number of aromatic hydroxyl groups is 1. The summed E-state index contributed by atoms with van der Waals surface area (Å²) >= 11 is 5.96. The van der Waals surface area contributed by atoms with Gasteiger partial charge in [0.15, 0.2) is 11.6 Å². The Bertz CT molecular complexity index is 1140. The highest BCUT2D eigenvalue weighted by molar-refractivity contribution is 7.88. The lowest BCUT2D eigenvalue weighted by Crippen LogP contribution is -2.48. The number of rotatable bonds is 3. The zero-order valence-electron chi connectivity index (χ0n) is 15.0. The molecule has 2 aromatic carbocycles. The van der Waals surface area contributed by atoms with Gasteiger partial charge >= 0.3 is 0 Å².